The highest BCUT2D eigenvalue weighted by atomic mass is 16.7. The molecule has 124 valence electrons. The van der Waals surface area contributed by atoms with Crippen LogP contribution in [0.2, 0.25) is 0 Å². The molecule has 0 spiro atoms. The van der Waals surface area contributed by atoms with Crippen LogP contribution in [0.5, 0.6) is 11.5 Å². The fourth-order valence-electron chi connectivity index (χ4n) is 3.05. The minimum Gasteiger partial charge on any atom is -0.454 e. The van der Waals surface area contributed by atoms with Crippen LogP contribution in [0, 0.1) is 0 Å². The Balaban J connectivity index is 1.80. The van der Waals surface area contributed by atoms with Crippen molar-refractivity contribution in [3.63, 3.8) is 0 Å². The number of benzene rings is 2. The smallest absolute Gasteiger partial charge is 0.231 e. The van der Waals surface area contributed by atoms with Crippen LogP contribution >= 0.6 is 0 Å². The van der Waals surface area contributed by atoms with Crippen LogP contribution in [-0.2, 0) is 13.0 Å². The molecule has 24 heavy (non-hydrogen) atoms. The molecule has 1 aliphatic rings. The van der Waals surface area contributed by atoms with Crippen molar-refractivity contribution in [3.8, 4) is 11.5 Å². The molecule has 0 fully saturated rings. The zero-order valence-corrected chi connectivity index (χ0v) is 13.7. The number of nitrogens with two attached hydrogens (primary N) is 1. The number of hydrogen-bond donors (Lipinski definition) is 1. The molecule has 2 aromatic carbocycles. The molecule has 3 aromatic rings. The molecule has 2 N–H and O–H groups in total. The Hall–Kier alpha value is -2.53. The van der Waals surface area contributed by atoms with Crippen LogP contribution in [0.1, 0.15) is 24.7 Å². The average Bonchev–Trinajstić information content (AvgIpc) is 3.18. The number of fused-ring (bicyclic) bond motifs is 2. The minimum atomic E-state index is 0.0994. The maximum Gasteiger partial charge on any atom is 0.231 e. The molecule has 0 saturated carbocycles. The highest BCUT2D eigenvalue weighted by molar-refractivity contribution is 5.81. The van der Waals surface area contributed by atoms with Gasteiger partial charge in [-0.05, 0) is 12.0 Å². The summed E-state index contributed by atoms with van der Waals surface area (Å²) in [5.74, 6) is 2.56. The van der Waals surface area contributed by atoms with Gasteiger partial charge in [0.05, 0.1) is 11.0 Å². The Morgan fingerprint density at radius 1 is 1.17 bits per heavy atom. The van der Waals surface area contributed by atoms with Crippen molar-refractivity contribution >= 4 is 11.0 Å². The van der Waals surface area contributed by atoms with Gasteiger partial charge in [0, 0.05) is 31.1 Å². The lowest BCUT2D eigenvalue weighted by Gasteiger charge is -2.14. The summed E-state index contributed by atoms with van der Waals surface area (Å²) in [6.07, 6.45) is 1.70. The summed E-state index contributed by atoms with van der Waals surface area (Å²) >= 11 is 0. The van der Waals surface area contributed by atoms with Gasteiger partial charge in [-0.1, -0.05) is 37.3 Å². The number of hydrogen-bond acceptors (Lipinski definition) is 4. The number of aromatic nitrogens is 2. The molecule has 0 aliphatic carbocycles. The largest absolute Gasteiger partial charge is 0.454 e. The van der Waals surface area contributed by atoms with Gasteiger partial charge < -0.3 is 19.8 Å². The van der Waals surface area contributed by atoms with Crippen LogP contribution in [0.15, 0.2) is 42.5 Å². The molecule has 5 nitrogen and oxygen atoms in total. The lowest BCUT2D eigenvalue weighted by atomic mass is 10.1. The summed E-state index contributed by atoms with van der Waals surface area (Å²) in [5.41, 5.74) is 9.44. The minimum absolute atomic E-state index is 0.0994. The summed E-state index contributed by atoms with van der Waals surface area (Å²) in [4.78, 5) is 4.84. The molecule has 1 aromatic heterocycles. The molecular formula is C19H21N3O2. The van der Waals surface area contributed by atoms with Crippen LogP contribution in [0.4, 0.5) is 0 Å². The molecule has 0 bridgehead atoms. The van der Waals surface area contributed by atoms with Crippen molar-refractivity contribution in [2.24, 2.45) is 5.73 Å². The van der Waals surface area contributed by atoms with E-state index in [1.165, 1.54) is 5.56 Å². The van der Waals surface area contributed by atoms with Crippen LogP contribution in [-0.4, -0.2) is 22.4 Å². The van der Waals surface area contributed by atoms with Gasteiger partial charge in [-0.15, -0.1) is 0 Å². The average molecular weight is 323 g/mol. The maximum atomic E-state index is 6.23. The van der Waals surface area contributed by atoms with Gasteiger partial charge in [-0.3, -0.25) is 0 Å². The van der Waals surface area contributed by atoms with E-state index in [0.29, 0.717) is 0 Å². The van der Waals surface area contributed by atoms with E-state index >= 15 is 0 Å². The predicted molar refractivity (Wildman–Crippen MR) is 93.4 cm³/mol. The first-order valence-electron chi connectivity index (χ1n) is 8.33. The van der Waals surface area contributed by atoms with Gasteiger partial charge in [-0.2, -0.15) is 0 Å². The van der Waals surface area contributed by atoms with E-state index in [4.69, 9.17) is 20.2 Å². The number of nitrogens with zero attached hydrogens (tertiary/aromatic N) is 2. The van der Waals surface area contributed by atoms with Crippen molar-refractivity contribution in [1.29, 1.82) is 0 Å². The van der Waals surface area contributed by atoms with E-state index < -0.39 is 0 Å². The van der Waals surface area contributed by atoms with Crippen molar-refractivity contribution in [1.82, 2.24) is 9.55 Å². The third kappa shape index (κ3) is 2.71. The molecular weight excluding hydrogens is 302 g/mol. The highest BCUT2D eigenvalue weighted by Gasteiger charge is 2.20. The van der Waals surface area contributed by atoms with Crippen LogP contribution in [0.25, 0.3) is 11.0 Å². The SMILES string of the molecule is CCC(N)Cn1c(Cc2ccccc2)nc2cc3c(cc21)OCO3. The van der Waals surface area contributed by atoms with Crippen molar-refractivity contribution in [3.05, 3.63) is 53.9 Å². The molecule has 5 heteroatoms. The van der Waals surface area contributed by atoms with Crippen molar-refractivity contribution < 1.29 is 9.47 Å². The quantitative estimate of drug-likeness (QED) is 0.784. The standard InChI is InChI=1S/C19H21N3O2/c1-2-14(20)11-22-16-10-18-17(23-12-24-18)9-15(16)21-19(22)8-13-6-4-3-5-7-13/h3-7,9-10,14H,2,8,11-12,20H2,1H3. The van der Waals surface area contributed by atoms with E-state index in [-0.39, 0.29) is 12.8 Å². The Morgan fingerprint density at radius 3 is 2.67 bits per heavy atom. The fourth-order valence-corrected chi connectivity index (χ4v) is 3.05. The second-order valence-corrected chi connectivity index (χ2v) is 6.16. The molecule has 1 atom stereocenters. The molecule has 1 aliphatic heterocycles. The third-order valence-corrected chi connectivity index (χ3v) is 4.47. The first-order chi connectivity index (χ1) is 11.7. The van der Waals surface area contributed by atoms with Gasteiger partial charge in [0.1, 0.15) is 5.82 Å². The summed E-state index contributed by atoms with van der Waals surface area (Å²) in [6.45, 7) is 3.12. The molecule has 4 rings (SSSR count). The van der Waals surface area contributed by atoms with E-state index in [1.807, 2.05) is 18.2 Å². The molecule has 0 amide bonds. The van der Waals surface area contributed by atoms with Crippen molar-refractivity contribution in [2.75, 3.05) is 6.79 Å². The first-order valence-corrected chi connectivity index (χ1v) is 8.33. The van der Waals surface area contributed by atoms with Crippen LogP contribution in [0.3, 0.4) is 0 Å². The number of ether oxygens (including phenoxy) is 2. The van der Waals surface area contributed by atoms with Gasteiger partial charge in [0.15, 0.2) is 11.5 Å². The third-order valence-electron chi connectivity index (χ3n) is 4.47. The lowest BCUT2D eigenvalue weighted by Crippen LogP contribution is -2.26. The van der Waals surface area contributed by atoms with E-state index in [9.17, 15) is 0 Å². The van der Waals surface area contributed by atoms with E-state index in [1.54, 1.807) is 0 Å². The van der Waals surface area contributed by atoms with Gasteiger partial charge in [-0.25, -0.2) is 4.98 Å². The monoisotopic (exact) mass is 323 g/mol. The van der Waals surface area contributed by atoms with Crippen LogP contribution < -0.4 is 15.2 Å². The normalized spacial score (nSPS) is 14.2. The second kappa shape index (κ2) is 6.17. The summed E-state index contributed by atoms with van der Waals surface area (Å²) in [7, 11) is 0. The van der Waals surface area contributed by atoms with Gasteiger partial charge in [0.25, 0.3) is 0 Å². The lowest BCUT2D eigenvalue weighted by molar-refractivity contribution is 0.174. The molecule has 1 unspecified atom stereocenters. The summed E-state index contributed by atoms with van der Waals surface area (Å²) < 4.78 is 13.2. The Labute approximate surface area is 141 Å². The zero-order chi connectivity index (χ0) is 16.5. The van der Waals surface area contributed by atoms with Gasteiger partial charge >= 0.3 is 0 Å². The fraction of sp³-hybridized carbons (Fsp3) is 0.316. The number of rotatable bonds is 5. The molecule has 2 heterocycles. The van der Waals surface area contributed by atoms with Crippen molar-refractivity contribution in [2.45, 2.75) is 32.4 Å². The Kier molecular flexibility index (Phi) is 3.86. The second-order valence-electron chi connectivity index (χ2n) is 6.16. The van der Waals surface area contributed by atoms with Gasteiger partial charge in [0.2, 0.25) is 6.79 Å². The topological polar surface area (TPSA) is 62.3 Å². The zero-order valence-electron chi connectivity index (χ0n) is 13.7. The molecule has 0 saturated heterocycles. The number of imidazole rings is 1. The predicted octanol–water partition coefficient (Wildman–Crippen LogP) is 3.09. The molecule has 0 radical (unpaired) electrons. The highest BCUT2D eigenvalue weighted by Crippen LogP contribution is 2.36. The van der Waals surface area contributed by atoms with E-state index in [2.05, 4.69) is 35.8 Å². The maximum absolute atomic E-state index is 6.23. The summed E-state index contributed by atoms with van der Waals surface area (Å²) in [6, 6.07) is 14.4. The van der Waals surface area contributed by atoms with E-state index in [0.717, 1.165) is 47.7 Å². The first kappa shape index (κ1) is 15.0. The Bertz CT molecular complexity index is 858. The summed E-state index contributed by atoms with van der Waals surface area (Å²) in [5, 5.41) is 0. The Morgan fingerprint density at radius 2 is 1.92 bits per heavy atom.